The van der Waals surface area contributed by atoms with Gasteiger partial charge in [-0.25, -0.2) is 0 Å². The summed E-state index contributed by atoms with van der Waals surface area (Å²) in [7, 11) is 0. The van der Waals surface area contributed by atoms with Crippen molar-refractivity contribution in [2.75, 3.05) is 11.9 Å². The van der Waals surface area contributed by atoms with Crippen molar-refractivity contribution < 1.29 is 14.3 Å². The third kappa shape index (κ3) is 4.83. The molecule has 0 radical (unpaired) electrons. The van der Waals surface area contributed by atoms with Crippen LogP contribution in [0.15, 0.2) is 79.1 Å². The molecule has 31 heavy (non-hydrogen) atoms. The van der Waals surface area contributed by atoms with Gasteiger partial charge in [0.2, 0.25) is 5.88 Å². The number of nitrogens with zero attached hydrogens (tertiary/aromatic N) is 3. The summed E-state index contributed by atoms with van der Waals surface area (Å²) in [4.78, 5) is 16.8. The summed E-state index contributed by atoms with van der Waals surface area (Å²) in [6.45, 7) is 4.43. The van der Waals surface area contributed by atoms with Crippen LogP contribution in [0.4, 0.5) is 5.69 Å². The van der Waals surface area contributed by atoms with Crippen molar-refractivity contribution in [1.29, 1.82) is 0 Å². The Morgan fingerprint density at radius 2 is 1.81 bits per heavy atom. The van der Waals surface area contributed by atoms with Gasteiger partial charge in [0.15, 0.2) is 5.60 Å². The number of hydrogen-bond acceptors (Lipinski definition) is 5. The van der Waals surface area contributed by atoms with Crippen molar-refractivity contribution in [2.45, 2.75) is 26.0 Å². The Morgan fingerprint density at radius 3 is 2.58 bits per heavy atom. The molecular weight excluding hydrogens is 392 g/mol. The number of aromatic nitrogens is 3. The van der Waals surface area contributed by atoms with E-state index in [0.29, 0.717) is 24.7 Å². The number of amides is 1. The van der Waals surface area contributed by atoms with Gasteiger partial charge in [0, 0.05) is 6.20 Å². The van der Waals surface area contributed by atoms with Gasteiger partial charge in [-0.15, -0.1) is 5.10 Å². The largest absolute Gasteiger partial charge is 0.492 e. The molecule has 0 unspecified atom stereocenters. The number of anilines is 1. The lowest BCUT2D eigenvalue weighted by Gasteiger charge is -2.24. The van der Waals surface area contributed by atoms with E-state index in [2.05, 4.69) is 15.4 Å². The quantitative estimate of drug-likeness (QED) is 0.463. The first kappa shape index (κ1) is 20.4. The Balaban J connectivity index is 1.50. The molecule has 158 valence electrons. The molecule has 0 saturated carbocycles. The molecule has 0 bridgehead atoms. The first-order chi connectivity index (χ1) is 15.0. The average Bonchev–Trinajstić information content (AvgIpc) is 3.12. The molecule has 0 spiro atoms. The third-order valence-corrected chi connectivity index (χ3v) is 4.76. The monoisotopic (exact) mass is 416 g/mol. The van der Waals surface area contributed by atoms with Crippen LogP contribution in [-0.4, -0.2) is 32.9 Å². The molecule has 0 aliphatic rings. The lowest BCUT2D eigenvalue weighted by molar-refractivity contribution is -0.128. The van der Waals surface area contributed by atoms with Crippen LogP contribution in [0.2, 0.25) is 0 Å². The first-order valence-electron chi connectivity index (χ1n) is 10.1. The molecule has 7 nitrogen and oxygen atoms in total. The molecule has 0 atom stereocenters. The molecule has 2 aromatic heterocycles. The minimum Gasteiger partial charge on any atom is -0.492 e. The summed E-state index contributed by atoms with van der Waals surface area (Å²) < 4.78 is 13.7. The molecule has 2 aromatic carbocycles. The number of benzene rings is 2. The molecule has 0 aliphatic carbocycles. The van der Waals surface area contributed by atoms with Gasteiger partial charge in [-0.05, 0) is 50.2 Å². The van der Waals surface area contributed by atoms with Crippen LogP contribution in [0.1, 0.15) is 13.8 Å². The summed E-state index contributed by atoms with van der Waals surface area (Å²) in [5.41, 5.74) is 0.383. The lowest BCUT2D eigenvalue weighted by atomic mass is 10.1. The highest BCUT2D eigenvalue weighted by Gasteiger charge is 2.32. The highest BCUT2D eigenvalue weighted by Crippen LogP contribution is 2.28. The average molecular weight is 416 g/mol. The number of nitrogens with one attached hydrogen (secondary N) is 1. The van der Waals surface area contributed by atoms with Gasteiger partial charge in [-0.1, -0.05) is 30.3 Å². The van der Waals surface area contributed by atoms with Gasteiger partial charge in [-0.3, -0.25) is 14.5 Å². The van der Waals surface area contributed by atoms with Crippen LogP contribution in [0, 0.1) is 0 Å². The molecule has 2 heterocycles. The highest BCUT2D eigenvalue weighted by atomic mass is 16.5. The van der Waals surface area contributed by atoms with E-state index in [-0.39, 0.29) is 5.91 Å². The fourth-order valence-corrected chi connectivity index (χ4v) is 3.12. The number of para-hydroxylation sites is 2. The Kier molecular flexibility index (Phi) is 5.84. The minimum atomic E-state index is -1.14. The zero-order valence-corrected chi connectivity index (χ0v) is 17.5. The number of carbonyl (C=O) groups is 1. The maximum Gasteiger partial charge on any atom is 0.268 e. The lowest BCUT2D eigenvalue weighted by Crippen LogP contribution is -2.42. The number of fused-ring (bicyclic) bond motifs is 1. The van der Waals surface area contributed by atoms with Gasteiger partial charge in [0.05, 0.1) is 29.3 Å². The molecule has 0 fully saturated rings. The summed E-state index contributed by atoms with van der Waals surface area (Å²) >= 11 is 0. The summed E-state index contributed by atoms with van der Waals surface area (Å²) in [5, 5.41) is 8.28. The molecular formula is C24H24N4O3. The van der Waals surface area contributed by atoms with Crippen molar-refractivity contribution in [3.8, 4) is 11.6 Å². The molecule has 0 saturated heterocycles. The van der Waals surface area contributed by atoms with Crippen LogP contribution < -0.4 is 14.8 Å². The van der Waals surface area contributed by atoms with Crippen LogP contribution in [-0.2, 0) is 11.3 Å². The minimum absolute atomic E-state index is 0.286. The van der Waals surface area contributed by atoms with E-state index < -0.39 is 5.60 Å². The Bertz CT molecular complexity index is 1160. The van der Waals surface area contributed by atoms with E-state index in [1.54, 1.807) is 38.4 Å². The number of hydrogen-bond donors (Lipinski definition) is 1. The summed E-state index contributed by atoms with van der Waals surface area (Å²) in [6, 6.07) is 21.0. The smallest absolute Gasteiger partial charge is 0.268 e. The van der Waals surface area contributed by atoms with Crippen LogP contribution in [0.3, 0.4) is 0 Å². The number of rotatable bonds is 8. The van der Waals surface area contributed by atoms with Crippen LogP contribution in [0.25, 0.3) is 10.9 Å². The fraction of sp³-hybridized carbons (Fsp3) is 0.208. The van der Waals surface area contributed by atoms with E-state index in [4.69, 9.17) is 9.47 Å². The van der Waals surface area contributed by atoms with Gasteiger partial charge < -0.3 is 14.8 Å². The summed E-state index contributed by atoms with van der Waals surface area (Å²) in [5.74, 6) is 0.928. The SMILES string of the molecule is CC(C)(Oc1nn(CCOc2ccccc2)c2ccccc12)C(=O)Nc1cccnc1. The maximum absolute atomic E-state index is 12.8. The zero-order chi connectivity index (χ0) is 21.7. The van der Waals surface area contributed by atoms with Gasteiger partial charge in [0.1, 0.15) is 12.4 Å². The molecule has 4 rings (SSSR count). The molecule has 7 heteroatoms. The second-order valence-corrected chi connectivity index (χ2v) is 7.52. The molecule has 4 aromatic rings. The van der Waals surface area contributed by atoms with Gasteiger partial charge in [0.25, 0.3) is 5.91 Å². The predicted octanol–water partition coefficient (Wildman–Crippen LogP) is 4.31. The Morgan fingerprint density at radius 1 is 1.03 bits per heavy atom. The molecule has 0 aliphatic heterocycles. The Labute approximate surface area is 180 Å². The Hall–Kier alpha value is -3.87. The zero-order valence-electron chi connectivity index (χ0n) is 17.5. The number of ether oxygens (including phenoxy) is 2. The summed E-state index contributed by atoms with van der Waals surface area (Å²) in [6.07, 6.45) is 3.24. The highest BCUT2D eigenvalue weighted by molar-refractivity contribution is 5.97. The normalized spacial score (nSPS) is 11.3. The second-order valence-electron chi connectivity index (χ2n) is 7.52. The van der Waals surface area contributed by atoms with E-state index in [0.717, 1.165) is 16.7 Å². The molecule has 1 amide bonds. The predicted molar refractivity (Wildman–Crippen MR) is 119 cm³/mol. The van der Waals surface area contributed by atoms with Crippen LogP contribution >= 0.6 is 0 Å². The number of carbonyl (C=O) groups excluding carboxylic acids is 1. The second kappa shape index (κ2) is 8.87. The van der Waals surface area contributed by atoms with Gasteiger partial charge in [-0.2, -0.15) is 0 Å². The van der Waals surface area contributed by atoms with E-state index >= 15 is 0 Å². The number of pyridine rings is 1. The maximum atomic E-state index is 12.8. The van der Waals surface area contributed by atoms with Crippen molar-refractivity contribution in [2.24, 2.45) is 0 Å². The van der Waals surface area contributed by atoms with Gasteiger partial charge >= 0.3 is 0 Å². The third-order valence-electron chi connectivity index (χ3n) is 4.76. The standard InChI is InChI=1S/C24H24N4O3/c1-24(2,23(29)26-18-9-8-14-25-17-18)31-22-20-12-6-7-13-21(20)28(27-22)15-16-30-19-10-4-3-5-11-19/h3-14,17H,15-16H2,1-2H3,(H,26,29). The topological polar surface area (TPSA) is 78.3 Å². The first-order valence-corrected chi connectivity index (χ1v) is 10.1. The van der Waals surface area contributed by atoms with Crippen molar-refractivity contribution in [3.05, 3.63) is 79.1 Å². The van der Waals surface area contributed by atoms with Crippen LogP contribution in [0.5, 0.6) is 11.6 Å². The van der Waals surface area contributed by atoms with E-state index in [1.807, 2.05) is 59.3 Å². The van der Waals surface area contributed by atoms with Crippen molar-refractivity contribution in [3.63, 3.8) is 0 Å². The van der Waals surface area contributed by atoms with E-state index in [9.17, 15) is 4.79 Å². The fourth-order valence-electron chi connectivity index (χ4n) is 3.12. The van der Waals surface area contributed by atoms with Crippen molar-refractivity contribution >= 4 is 22.5 Å². The van der Waals surface area contributed by atoms with E-state index in [1.165, 1.54) is 0 Å². The molecule has 1 N–H and O–H groups in total. The van der Waals surface area contributed by atoms with Crippen molar-refractivity contribution in [1.82, 2.24) is 14.8 Å².